The average molecular weight is 373 g/mol. The molecule has 2 aliphatic rings. The molecule has 1 N–H and O–H groups in total. The van der Waals surface area contributed by atoms with Crippen molar-refractivity contribution in [1.29, 1.82) is 0 Å². The predicted octanol–water partition coefficient (Wildman–Crippen LogP) is 3.42. The summed E-state index contributed by atoms with van der Waals surface area (Å²) in [5.41, 5.74) is 2.07. The van der Waals surface area contributed by atoms with E-state index < -0.39 is 0 Å². The second-order valence-corrected chi connectivity index (χ2v) is 9.35. The molecule has 0 saturated carbocycles. The lowest BCUT2D eigenvalue weighted by molar-refractivity contribution is 0.0958. The lowest BCUT2D eigenvalue weighted by Crippen LogP contribution is -2.43. The number of amides is 1. The van der Waals surface area contributed by atoms with E-state index in [1.807, 2.05) is 18.3 Å². The molecule has 1 aromatic rings. The predicted molar refractivity (Wildman–Crippen MR) is 111 cm³/mol. The fraction of sp³-hybridized carbons (Fsp3) is 0.727. The summed E-state index contributed by atoms with van der Waals surface area (Å²) >= 11 is 0. The fourth-order valence-electron chi connectivity index (χ4n) is 4.56. The van der Waals surface area contributed by atoms with E-state index in [1.165, 1.54) is 45.3 Å². The van der Waals surface area contributed by atoms with Gasteiger partial charge in [-0.15, -0.1) is 0 Å². The number of carbonyl (C=O) groups excluding carboxylic acids is 1. The van der Waals surface area contributed by atoms with Crippen LogP contribution in [-0.2, 0) is 0 Å². The van der Waals surface area contributed by atoms with E-state index in [9.17, 15) is 4.79 Å². The number of anilines is 1. The molecule has 0 radical (unpaired) electrons. The number of rotatable bonds is 4. The lowest BCUT2D eigenvalue weighted by Gasteiger charge is -2.41. The molecule has 0 bridgehead atoms. The van der Waals surface area contributed by atoms with Gasteiger partial charge in [0.1, 0.15) is 5.69 Å². The van der Waals surface area contributed by atoms with Gasteiger partial charge in [0.05, 0.1) is 11.9 Å². The highest BCUT2D eigenvalue weighted by Crippen LogP contribution is 2.35. The number of hydrogen-bond donors (Lipinski definition) is 1. The molecule has 5 nitrogen and oxygen atoms in total. The Balaban J connectivity index is 1.44. The first kappa shape index (κ1) is 20.1. The molecule has 2 saturated heterocycles. The zero-order chi connectivity index (χ0) is 19.4. The Labute approximate surface area is 164 Å². The van der Waals surface area contributed by atoms with Gasteiger partial charge in [0.25, 0.3) is 5.91 Å². The molecular formula is C22H36N4O. The monoisotopic (exact) mass is 372 g/mol. The van der Waals surface area contributed by atoms with Crippen LogP contribution in [0.4, 0.5) is 5.69 Å². The molecular weight excluding hydrogens is 336 g/mol. The highest BCUT2D eigenvalue weighted by molar-refractivity contribution is 5.92. The van der Waals surface area contributed by atoms with Gasteiger partial charge in [-0.1, -0.05) is 20.8 Å². The van der Waals surface area contributed by atoms with E-state index in [1.54, 1.807) is 7.05 Å². The molecule has 3 rings (SSSR count). The van der Waals surface area contributed by atoms with Crippen LogP contribution in [0.2, 0.25) is 0 Å². The minimum absolute atomic E-state index is 0.129. The van der Waals surface area contributed by atoms with E-state index in [0.717, 1.165) is 30.6 Å². The van der Waals surface area contributed by atoms with Gasteiger partial charge < -0.3 is 15.1 Å². The van der Waals surface area contributed by atoms with Crippen molar-refractivity contribution < 1.29 is 4.79 Å². The van der Waals surface area contributed by atoms with Crippen molar-refractivity contribution in [3.63, 3.8) is 0 Å². The first-order valence-corrected chi connectivity index (χ1v) is 10.5. The molecule has 0 aromatic carbocycles. The van der Waals surface area contributed by atoms with Crippen molar-refractivity contribution in [2.24, 2.45) is 17.3 Å². The lowest BCUT2D eigenvalue weighted by atomic mass is 9.75. The molecule has 2 fully saturated rings. The summed E-state index contributed by atoms with van der Waals surface area (Å²) in [6, 6.07) is 3.84. The van der Waals surface area contributed by atoms with E-state index in [0.29, 0.717) is 11.1 Å². The minimum Gasteiger partial charge on any atom is -0.370 e. The van der Waals surface area contributed by atoms with Crippen LogP contribution in [0.3, 0.4) is 0 Å². The SMILES string of the molecule is CNC(=O)c1ccc(N2CCC(CN3CCC(C(C)(C)C)CC3)CC2)cn1. The van der Waals surface area contributed by atoms with Crippen LogP contribution >= 0.6 is 0 Å². The summed E-state index contributed by atoms with van der Waals surface area (Å²) in [6.07, 6.45) is 7.03. The second kappa shape index (κ2) is 8.59. The fourth-order valence-corrected chi connectivity index (χ4v) is 4.56. The van der Waals surface area contributed by atoms with Gasteiger partial charge >= 0.3 is 0 Å². The maximum atomic E-state index is 11.6. The van der Waals surface area contributed by atoms with Gasteiger partial charge in [-0.25, -0.2) is 4.98 Å². The van der Waals surface area contributed by atoms with Crippen molar-refractivity contribution in [1.82, 2.24) is 15.2 Å². The van der Waals surface area contributed by atoms with E-state index in [-0.39, 0.29) is 5.91 Å². The zero-order valence-electron chi connectivity index (χ0n) is 17.5. The highest BCUT2D eigenvalue weighted by atomic mass is 16.1. The Morgan fingerprint density at radius 3 is 2.30 bits per heavy atom. The van der Waals surface area contributed by atoms with Crippen LogP contribution in [0.25, 0.3) is 0 Å². The molecule has 1 amide bonds. The van der Waals surface area contributed by atoms with E-state index in [4.69, 9.17) is 0 Å². The van der Waals surface area contributed by atoms with Crippen LogP contribution < -0.4 is 10.2 Å². The number of nitrogens with zero attached hydrogens (tertiary/aromatic N) is 3. The van der Waals surface area contributed by atoms with Gasteiger partial charge in [-0.3, -0.25) is 4.79 Å². The Morgan fingerprint density at radius 2 is 1.78 bits per heavy atom. The van der Waals surface area contributed by atoms with E-state index in [2.05, 4.69) is 40.9 Å². The number of aromatic nitrogens is 1. The maximum Gasteiger partial charge on any atom is 0.269 e. The van der Waals surface area contributed by atoms with E-state index >= 15 is 0 Å². The standard InChI is InChI=1S/C22H36N4O/c1-22(2,3)18-9-11-25(12-10-18)16-17-7-13-26(14-8-17)19-5-6-20(24-15-19)21(27)23-4/h5-6,15,17-18H,7-14,16H2,1-4H3,(H,23,27). The molecule has 5 heteroatoms. The quantitative estimate of drug-likeness (QED) is 0.880. The number of piperidine rings is 2. The second-order valence-electron chi connectivity index (χ2n) is 9.35. The van der Waals surface area contributed by atoms with Gasteiger partial charge in [0.2, 0.25) is 0 Å². The molecule has 150 valence electrons. The molecule has 0 atom stereocenters. The van der Waals surface area contributed by atoms with Crippen LogP contribution in [0.15, 0.2) is 18.3 Å². The number of carbonyl (C=O) groups is 1. The van der Waals surface area contributed by atoms with Crippen molar-refractivity contribution in [3.8, 4) is 0 Å². The van der Waals surface area contributed by atoms with Gasteiger partial charge in [-0.05, 0) is 68.2 Å². The van der Waals surface area contributed by atoms with Crippen molar-refractivity contribution >= 4 is 11.6 Å². The Hall–Kier alpha value is -1.62. The normalized spacial score (nSPS) is 20.7. The summed E-state index contributed by atoms with van der Waals surface area (Å²) in [7, 11) is 1.63. The van der Waals surface area contributed by atoms with Crippen LogP contribution in [-0.4, -0.2) is 55.6 Å². The molecule has 1 aromatic heterocycles. The molecule has 27 heavy (non-hydrogen) atoms. The molecule has 3 heterocycles. The summed E-state index contributed by atoms with van der Waals surface area (Å²) < 4.78 is 0. The first-order valence-electron chi connectivity index (χ1n) is 10.5. The van der Waals surface area contributed by atoms with Gasteiger partial charge in [0.15, 0.2) is 0 Å². The van der Waals surface area contributed by atoms with Crippen LogP contribution in [0, 0.1) is 17.3 Å². The minimum atomic E-state index is -0.129. The van der Waals surface area contributed by atoms with Crippen molar-refractivity contribution in [2.45, 2.75) is 46.5 Å². The number of likely N-dealkylation sites (tertiary alicyclic amines) is 1. The maximum absolute atomic E-state index is 11.6. The van der Waals surface area contributed by atoms with Crippen molar-refractivity contribution in [2.75, 3.05) is 44.7 Å². The molecule has 0 spiro atoms. The number of nitrogens with one attached hydrogen (secondary N) is 1. The largest absolute Gasteiger partial charge is 0.370 e. The highest BCUT2D eigenvalue weighted by Gasteiger charge is 2.30. The third-order valence-corrected chi connectivity index (χ3v) is 6.52. The molecule has 0 unspecified atom stereocenters. The Kier molecular flexibility index (Phi) is 6.40. The average Bonchev–Trinajstić information content (AvgIpc) is 2.68. The van der Waals surface area contributed by atoms with Crippen LogP contribution in [0.5, 0.6) is 0 Å². The summed E-state index contributed by atoms with van der Waals surface area (Å²) in [5, 5.41) is 2.62. The van der Waals surface area contributed by atoms with Gasteiger partial charge in [0, 0.05) is 26.7 Å². The summed E-state index contributed by atoms with van der Waals surface area (Å²) in [4.78, 5) is 21.0. The van der Waals surface area contributed by atoms with Gasteiger partial charge in [-0.2, -0.15) is 0 Å². The smallest absolute Gasteiger partial charge is 0.269 e. The topological polar surface area (TPSA) is 48.5 Å². The third kappa shape index (κ3) is 5.22. The Bertz CT molecular complexity index is 606. The molecule has 0 aliphatic carbocycles. The summed E-state index contributed by atoms with van der Waals surface area (Å²) in [5.74, 6) is 1.56. The number of pyridine rings is 1. The summed E-state index contributed by atoms with van der Waals surface area (Å²) in [6.45, 7) is 13.1. The first-order chi connectivity index (χ1) is 12.9. The van der Waals surface area contributed by atoms with Crippen LogP contribution in [0.1, 0.15) is 56.9 Å². The number of hydrogen-bond acceptors (Lipinski definition) is 4. The third-order valence-electron chi connectivity index (χ3n) is 6.52. The Morgan fingerprint density at radius 1 is 1.11 bits per heavy atom. The van der Waals surface area contributed by atoms with Crippen molar-refractivity contribution in [3.05, 3.63) is 24.0 Å². The zero-order valence-corrected chi connectivity index (χ0v) is 17.5. The molecule has 2 aliphatic heterocycles.